The Bertz CT molecular complexity index is 1520. The third-order valence-corrected chi connectivity index (χ3v) is 8.13. The highest BCUT2D eigenvalue weighted by Crippen LogP contribution is 2.45. The highest BCUT2D eigenvalue weighted by Gasteiger charge is 2.48. The van der Waals surface area contributed by atoms with Gasteiger partial charge < -0.3 is 24.9 Å². The Hall–Kier alpha value is -3.82. The van der Waals surface area contributed by atoms with E-state index in [2.05, 4.69) is 32.2 Å². The Balaban J connectivity index is 1.24. The van der Waals surface area contributed by atoms with Crippen LogP contribution in [0.5, 0.6) is 17.2 Å². The predicted molar refractivity (Wildman–Crippen MR) is 146 cm³/mol. The first-order valence-corrected chi connectivity index (χ1v) is 13.1. The Morgan fingerprint density at radius 3 is 2.68 bits per heavy atom. The number of H-pyrrole nitrogens is 1. The number of nitrogens with one attached hydrogen (secondary N) is 2. The second-order valence-corrected chi connectivity index (χ2v) is 10.2. The van der Waals surface area contributed by atoms with E-state index < -0.39 is 16.6 Å². The van der Waals surface area contributed by atoms with Crippen molar-refractivity contribution >= 4 is 16.6 Å². The molecule has 3 N–H and O–H groups in total. The lowest BCUT2D eigenvalue weighted by Crippen LogP contribution is -2.54. The van der Waals surface area contributed by atoms with Gasteiger partial charge in [-0.3, -0.25) is 19.4 Å². The highest BCUT2D eigenvalue weighted by molar-refractivity contribution is 5.87. The van der Waals surface area contributed by atoms with Crippen LogP contribution in [0, 0.1) is 0 Å². The van der Waals surface area contributed by atoms with E-state index in [0.717, 1.165) is 56.0 Å². The molecule has 1 spiro atoms. The standard InChI is InChI=1S/C29H32N4O5/c1-37-20-7-8-23-22(17-20)21-9-12-33(14-11-30-24-25(34)27(36)26(24)35)29(28(21)31-23)10-13-32(18-29)15-16-38-19-5-3-2-4-6-19/h2-8,17,30-31,34H,9-16,18H2,1H3/t29-/m0/s1. The summed E-state index contributed by atoms with van der Waals surface area (Å²) in [5.74, 6) is 1.26. The molecule has 0 amide bonds. The molecular weight excluding hydrogens is 484 g/mol. The van der Waals surface area contributed by atoms with Gasteiger partial charge in [-0.05, 0) is 48.7 Å². The summed E-state index contributed by atoms with van der Waals surface area (Å²) in [4.78, 5) is 31.9. The van der Waals surface area contributed by atoms with Gasteiger partial charge in [0.2, 0.25) is 0 Å². The van der Waals surface area contributed by atoms with Crippen LogP contribution in [-0.4, -0.2) is 72.9 Å². The molecule has 9 nitrogen and oxygen atoms in total. The molecule has 198 valence electrons. The van der Waals surface area contributed by atoms with Gasteiger partial charge in [0.1, 0.15) is 23.8 Å². The predicted octanol–water partition coefficient (Wildman–Crippen LogP) is 2.43. The minimum atomic E-state index is -0.816. The fraction of sp³-hybridized carbons (Fsp3) is 0.379. The van der Waals surface area contributed by atoms with Crippen LogP contribution >= 0.6 is 0 Å². The van der Waals surface area contributed by atoms with Crippen molar-refractivity contribution in [3.63, 3.8) is 0 Å². The maximum atomic E-state index is 11.8. The number of aromatic nitrogens is 1. The van der Waals surface area contributed by atoms with E-state index in [1.165, 1.54) is 16.6 Å². The third kappa shape index (κ3) is 4.12. The maximum absolute atomic E-state index is 11.8. The van der Waals surface area contributed by atoms with Crippen LogP contribution in [0.1, 0.15) is 17.7 Å². The molecule has 0 bridgehead atoms. The fourth-order valence-electron chi connectivity index (χ4n) is 6.15. The summed E-state index contributed by atoms with van der Waals surface area (Å²) in [6.45, 7) is 5.23. The lowest BCUT2D eigenvalue weighted by Gasteiger charge is -2.45. The first-order valence-electron chi connectivity index (χ1n) is 13.1. The van der Waals surface area contributed by atoms with Crippen molar-refractivity contribution in [2.24, 2.45) is 0 Å². The molecule has 0 radical (unpaired) electrons. The highest BCUT2D eigenvalue weighted by atomic mass is 16.5. The van der Waals surface area contributed by atoms with E-state index in [9.17, 15) is 14.7 Å². The number of hydrogen-bond acceptors (Lipinski definition) is 8. The number of methoxy groups -OCH3 is 1. The number of aromatic amines is 1. The Kier molecular flexibility index (Phi) is 6.33. The zero-order valence-electron chi connectivity index (χ0n) is 21.5. The topological polar surface area (TPSA) is 107 Å². The van der Waals surface area contributed by atoms with Crippen LogP contribution in [0.3, 0.4) is 0 Å². The second kappa shape index (κ2) is 9.81. The monoisotopic (exact) mass is 516 g/mol. The van der Waals surface area contributed by atoms with Crippen molar-refractivity contribution in [2.45, 2.75) is 18.4 Å². The third-order valence-electron chi connectivity index (χ3n) is 8.13. The van der Waals surface area contributed by atoms with Crippen molar-refractivity contribution in [1.82, 2.24) is 14.8 Å². The normalized spacial score (nSPS) is 19.8. The number of ether oxygens (including phenoxy) is 2. The van der Waals surface area contributed by atoms with Crippen molar-refractivity contribution in [3.05, 3.63) is 80.2 Å². The summed E-state index contributed by atoms with van der Waals surface area (Å²) < 4.78 is 11.5. The summed E-state index contributed by atoms with van der Waals surface area (Å²) in [5.41, 5.74) is 2.04. The maximum Gasteiger partial charge on any atom is 0.271 e. The molecule has 1 saturated heterocycles. The minimum Gasteiger partial charge on any atom is -0.502 e. The number of rotatable bonds is 9. The molecular formula is C29H32N4O5. The van der Waals surface area contributed by atoms with Gasteiger partial charge >= 0.3 is 0 Å². The van der Waals surface area contributed by atoms with E-state index in [1.807, 2.05) is 36.4 Å². The van der Waals surface area contributed by atoms with E-state index in [0.29, 0.717) is 19.7 Å². The van der Waals surface area contributed by atoms with Crippen LogP contribution in [0.15, 0.2) is 58.1 Å². The van der Waals surface area contributed by atoms with Gasteiger partial charge in [-0.2, -0.15) is 0 Å². The molecule has 3 aromatic carbocycles. The number of para-hydroxylation sites is 1. The molecule has 1 fully saturated rings. The minimum absolute atomic E-state index is 0.0329. The molecule has 6 rings (SSSR count). The van der Waals surface area contributed by atoms with Gasteiger partial charge in [0.25, 0.3) is 10.9 Å². The largest absolute Gasteiger partial charge is 0.502 e. The molecule has 2 aliphatic rings. The lowest BCUT2D eigenvalue weighted by atomic mass is 9.84. The van der Waals surface area contributed by atoms with Crippen molar-refractivity contribution in [3.8, 4) is 17.2 Å². The fourth-order valence-corrected chi connectivity index (χ4v) is 6.15. The number of nitrogens with zero attached hydrogens (tertiary/aromatic N) is 2. The smallest absolute Gasteiger partial charge is 0.271 e. The van der Waals surface area contributed by atoms with Crippen LogP contribution in [-0.2, 0) is 12.0 Å². The molecule has 4 aromatic rings. The van der Waals surface area contributed by atoms with Gasteiger partial charge in [0.15, 0.2) is 5.75 Å². The van der Waals surface area contributed by atoms with Gasteiger partial charge in [0.05, 0.1) is 12.6 Å². The SMILES string of the molecule is COc1ccc2[nH]c3c(c2c1)CCN(CCNc1c(O)c(=O)c1=O)[C@]31CCN(CCOc2ccccc2)C1. The summed E-state index contributed by atoms with van der Waals surface area (Å²) in [6.07, 6.45) is 1.85. The molecule has 0 unspecified atom stereocenters. The zero-order valence-corrected chi connectivity index (χ0v) is 21.5. The molecule has 1 atom stereocenters. The van der Waals surface area contributed by atoms with Crippen LogP contribution in [0.4, 0.5) is 5.69 Å². The van der Waals surface area contributed by atoms with Crippen LogP contribution in [0.2, 0.25) is 0 Å². The molecule has 38 heavy (non-hydrogen) atoms. The van der Waals surface area contributed by atoms with Crippen LogP contribution in [0.25, 0.3) is 10.9 Å². The van der Waals surface area contributed by atoms with E-state index in [4.69, 9.17) is 9.47 Å². The summed E-state index contributed by atoms with van der Waals surface area (Å²) in [5, 5.41) is 13.9. The number of hydrogen-bond donors (Lipinski definition) is 3. The van der Waals surface area contributed by atoms with E-state index >= 15 is 0 Å². The number of likely N-dealkylation sites (tertiary alicyclic amines) is 1. The zero-order chi connectivity index (χ0) is 26.3. The summed E-state index contributed by atoms with van der Waals surface area (Å²) in [7, 11) is 1.69. The quantitative estimate of drug-likeness (QED) is 0.291. The van der Waals surface area contributed by atoms with Gasteiger partial charge in [-0.15, -0.1) is 0 Å². The first-order chi connectivity index (χ1) is 18.5. The van der Waals surface area contributed by atoms with E-state index in [1.54, 1.807) is 7.11 Å². The number of anilines is 1. The molecule has 1 aromatic heterocycles. The van der Waals surface area contributed by atoms with Crippen molar-refractivity contribution in [2.75, 3.05) is 58.3 Å². The average Bonchev–Trinajstić information content (AvgIpc) is 3.54. The van der Waals surface area contributed by atoms with Crippen molar-refractivity contribution < 1.29 is 14.6 Å². The Morgan fingerprint density at radius 2 is 1.89 bits per heavy atom. The first kappa shape index (κ1) is 24.5. The van der Waals surface area contributed by atoms with Crippen LogP contribution < -0.4 is 25.6 Å². The van der Waals surface area contributed by atoms with Gasteiger partial charge in [-0.1, -0.05) is 18.2 Å². The Labute approximate surface area is 220 Å². The second-order valence-electron chi connectivity index (χ2n) is 10.2. The summed E-state index contributed by atoms with van der Waals surface area (Å²) in [6, 6.07) is 16.1. The average molecular weight is 517 g/mol. The Morgan fingerprint density at radius 1 is 1.05 bits per heavy atom. The molecule has 0 saturated carbocycles. The van der Waals surface area contributed by atoms with E-state index in [-0.39, 0.29) is 11.2 Å². The number of aromatic hydroxyl groups is 1. The summed E-state index contributed by atoms with van der Waals surface area (Å²) >= 11 is 0. The molecule has 9 heteroatoms. The van der Waals surface area contributed by atoms with Gasteiger partial charge in [-0.25, -0.2) is 0 Å². The molecule has 0 aliphatic carbocycles. The molecule has 2 aliphatic heterocycles. The lowest BCUT2D eigenvalue weighted by molar-refractivity contribution is 0.0781. The van der Waals surface area contributed by atoms with Gasteiger partial charge in [0, 0.05) is 55.9 Å². The number of benzene rings is 2. The van der Waals surface area contributed by atoms with Crippen molar-refractivity contribution in [1.29, 1.82) is 0 Å². The number of fused-ring (bicyclic) bond motifs is 4. The molecule has 3 heterocycles.